The molecule has 36 nitrogen and oxygen atoms in total. The molecule has 36 heteroatoms. The summed E-state index contributed by atoms with van der Waals surface area (Å²) in [6.45, 7) is -6.55. The van der Waals surface area contributed by atoms with E-state index in [2.05, 4.69) is 0 Å². The zero-order valence-electron chi connectivity index (χ0n) is 50.1. The minimum atomic E-state index is -2.21. The predicted octanol–water partition coefficient (Wildman–Crippen LogP) is -11.7. The fourth-order valence-electron chi connectivity index (χ4n) is 13.0. The summed E-state index contributed by atoms with van der Waals surface area (Å²) in [4.78, 5) is 2.00. The lowest BCUT2D eigenvalue weighted by atomic mass is 9.95. The second-order valence-electron chi connectivity index (χ2n) is 24.3. The minimum absolute atomic E-state index is 0.293. The Balaban J connectivity index is 0.891. The maximum Gasteiger partial charge on any atom is 0.187 e. The molecule has 22 aliphatic rings. The second kappa shape index (κ2) is 30.4. The maximum atomic E-state index is 12.1. The molecule has 0 spiro atoms. The number of allylic oxidation sites excluding steroid dienone is 1. The predicted molar refractivity (Wildman–Crippen MR) is 300 cm³/mol. The van der Waals surface area contributed by atoms with E-state index in [-0.39, 0.29) is 6.54 Å². The summed E-state index contributed by atoms with van der Waals surface area (Å²) in [5, 5.41) is 226. The number of benzene rings is 1. The molecule has 24 rings (SSSR count). The van der Waals surface area contributed by atoms with Crippen LogP contribution < -0.4 is 9.47 Å². The van der Waals surface area contributed by atoms with Crippen LogP contribution in [0.15, 0.2) is 60.6 Å². The first-order valence-electron chi connectivity index (χ1n) is 30.6. The number of nitrogens with zero attached hydrogens (tertiary/aromatic N) is 2. The number of aromatic nitrogens is 1. The van der Waals surface area contributed by atoms with Crippen LogP contribution in [0.5, 0.6) is 0 Å². The van der Waals surface area contributed by atoms with Crippen molar-refractivity contribution >= 4 is 17.8 Å². The molecule has 0 radical (unpaired) electrons. The average molecular weight is 1350 g/mol. The molecule has 1 aromatic heterocycles. The summed E-state index contributed by atoms with van der Waals surface area (Å²) in [6.07, 6.45) is -60.9. The number of aliphatic hydroxyl groups is 20. The minimum Gasteiger partial charge on any atom is -0.394 e. The molecule has 0 aliphatic carbocycles. The smallest absolute Gasteiger partial charge is 0.187 e. The Labute approximate surface area is 534 Å². The first-order valence-corrected chi connectivity index (χ1v) is 30.6. The van der Waals surface area contributed by atoms with Gasteiger partial charge >= 0.3 is 0 Å². The largest absolute Gasteiger partial charge is 0.394 e. The Morgan fingerprint density at radius 1 is 0.330 bits per heavy atom. The summed E-state index contributed by atoms with van der Waals surface area (Å²) in [6, 6.07) is 11.3. The van der Waals surface area contributed by atoms with Crippen molar-refractivity contribution < 1.29 is 173 Å². The van der Waals surface area contributed by atoms with Gasteiger partial charge in [0, 0.05) is 30.6 Å². The highest BCUT2D eigenvalue weighted by atomic mass is 16.8. The van der Waals surface area contributed by atoms with Crippen LogP contribution in [-0.4, -0.2) is 364 Å². The van der Waals surface area contributed by atoms with E-state index in [0.717, 1.165) is 22.5 Å². The van der Waals surface area contributed by atoms with Crippen LogP contribution in [0.25, 0.3) is 12.2 Å². The third-order valence-corrected chi connectivity index (χ3v) is 18.3. The van der Waals surface area contributed by atoms with E-state index < -0.39 is 255 Å². The van der Waals surface area contributed by atoms with E-state index >= 15 is 0 Å². The first-order chi connectivity index (χ1) is 45.0. The number of fused-ring (bicyclic) bond motifs is 1. The molecule has 0 amide bonds. The molecule has 21 saturated heterocycles. The van der Waals surface area contributed by atoms with E-state index in [1.807, 2.05) is 54.4 Å². The number of hydrogen-bond acceptors (Lipinski definition) is 35. The molecule has 20 N–H and O–H groups in total. The van der Waals surface area contributed by atoms with Gasteiger partial charge in [-0.2, -0.15) is 0 Å². The Hall–Kier alpha value is -3.71. The van der Waals surface area contributed by atoms with Crippen molar-refractivity contribution in [3.8, 4) is 0 Å². The highest BCUT2D eigenvalue weighted by molar-refractivity contribution is 5.79. The summed E-state index contributed by atoms with van der Waals surface area (Å²) in [5.41, 5.74) is 3.55. The quantitative estimate of drug-likeness (QED) is 0.104. The molecule has 2 aromatic rings. The van der Waals surface area contributed by atoms with Crippen LogP contribution in [0.2, 0.25) is 0 Å². The number of hydrogen-bond donors (Lipinski definition) is 20. The Kier molecular flexibility index (Phi) is 23.2. The fraction of sp³-hybridized carbons (Fsp3) is 0.741. The fourth-order valence-corrected chi connectivity index (χ4v) is 13.0. The van der Waals surface area contributed by atoms with Gasteiger partial charge in [-0.25, -0.2) is 4.57 Å². The van der Waals surface area contributed by atoms with Crippen LogP contribution in [0.1, 0.15) is 11.1 Å². The van der Waals surface area contributed by atoms with E-state index in [0.29, 0.717) is 0 Å². The van der Waals surface area contributed by atoms with Crippen LogP contribution in [0.3, 0.4) is 0 Å². The molecule has 1 aromatic carbocycles. The molecule has 35 atom stereocenters. The standard InChI is InChI=1S/C58H83N2O34/c1-59-22(7-6-21-4-2-3-5-23(21)59)12-20-8-10-60(11-9-20)13-24-45-31(67)38(74)52(81-24)89-46-25(14-61)83-54(40(76)33(46)69)91-48-27(16-63)85-56(42(78)35(48)71)93-50-29(18-65)87-58(44(80)37(50)73)94-51-30(19-66)86-57(43(79)36(51)72)92-49-28(17-64)84-55(41(77)34(49)70)90-47-26(15-62)82-53(88-45)39(75)32(47)68/h2-12,24-58,61-80H,13-19H2,1H3/q+1/t24-,25-,26-,27-,28-,29-,30-,31-,32-,33-,34-,35-,36-,37-,38-,39-,40-,41-,42-,43-,44-,45-,46-,47-,48-,49-,50-,51-,52-,53-,54-,55-,56-,57-,58-/m1/s1. The summed E-state index contributed by atoms with van der Waals surface area (Å²) < 4.78 is 83.8. The third-order valence-electron chi connectivity index (χ3n) is 18.3. The number of rotatable bonds is 9. The molecular weight excluding hydrogens is 1270 g/mol. The van der Waals surface area contributed by atoms with Crippen molar-refractivity contribution in [3.63, 3.8) is 0 Å². The second-order valence-corrected chi connectivity index (χ2v) is 24.3. The Morgan fingerprint density at radius 3 is 0.862 bits per heavy atom. The molecule has 94 heavy (non-hydrogen) atoms. The first kappa shape index (κ1) is 71.6. The normalized spacial score (nSPS) is 48.5. The average Bonchev–Trinajstić information content (AvgIpc) is 0.785. The number of likely N-dealkylation sites (N-methyl/N-ethyl adjacent to an activating group) is 1. The lowest BCUT2D eigenvalue weighted by molar-refractivity contribution is -0.707. The van der Waals surface area contributed by atoms with Crippen molar-refractivity contribution in [2.75, 3.05) is 51.6 Å². The molecule has 23 heterocycles. The van der Waals surface area contributed by atoms with Gasteiger partial charge < -0.3 is 173 Å². The van der Waals surface area contributed by atoms with Crippen molar-refractivity contribution in [1.29, 1.82) is 0 Å². The SMILES string of the molecule is CN1/C(=C/c2cc[n+](C[C@H]3O[C@@H]4O[C@H]5[C@H](O)[C@@H](O)[C@@H](O[C@H]6[C@H](O)[C@@H](O)[C@@H](O[C@H]7[C@H](O)[C@@H](O)[C@@H](O[C@H]8[C@H](O)[C@@H](O)[C@@H](O[C@H]9[C@H](O)[C@@H](O)[C@@H](O[C@H]%10[C@H](O)[C@@H](O)[C@@H](O[C@H]3[C@H](O)[C@H]4O)O[C@@H]%10CO)O[C@@H]9CO)O[C@@H]8CO)O[C@@H]7CO)O[C@@H]6CO)O[C@@H]5CO)cc2)C=Cc2ccccc21. The van der Waals surface area contributed by atoms with Gasteiger partial charge in [0.05, 0.1) is 39.6 Å². The van der Waals surface area contributed by atoms with Gasteiger partial charge in [-0.3, -0.25) is 0 Å². The molecule has 0 unspecified atom stereocenters. The molecule has 21 fully saturated rings. The number of para-hydroxylation sites is 1. The van der Waals surface area contributed by atoms with E-state index in [9.17, 15) is 102 Å². The van der Waals surface area contributed by atoms with Crippen LogP contribution in [0, 0.1) is 0 Å². The van der Waals surface area contributed by atoms with Crippen molar-refractivity contribution in [1.82, 2.24) is 0 Å². The van der Waals surface area contributed by atoms with Crippen molar-refractivity contribution in [2.24, 2.45) is 0 Å². The topological polar surface area (TPSA) is 541 Å². The zero-order valence-corrected chi connectivity index (χ0v) is 50.1. The monoisotopic (exact) mass is 1350 g/mol. The Morgan fingerprint density at radius 2 is 0.585 bits per heavy atom. The highest BCUT2D eigenvalue weighted by Crippen LogP contribution is 2.40. The van der Waals surface area contributed by atoms with Gasteiger partial charge in [-0.1, -0.05) is 24.3 Å². The summed E-state index contributed by atoms with van der Waals surface area (Å²) in [7, 11) is 1.91. The highest BCUT2D eigenvalue weighted by Gasteiger charge is 2.60. The Bertz CT molecular complexity index is 2820. The number of aliphatic hydroxyl groups excluding tert-OH is 20. The number of pyridine rings is 1. The lowest BCUT2D eigenvalue weighted by Gasteiger charge is -2.50. The molecule has 14 bridgehead atoms. The zero-order chi connectivity index (χ0) is 67.3. The van der Waals surface area contributed by atoms with Crippen LogP contribution >= 0.6 is 0 Å². The molecular formula is C58H83N2O34+. The lowest BCUT2D eigenvalue weighted by Crippen LogP contribution is -2.68. The van der Waals surface area contributed by atoms with Crippen LogP contribution in [-0.2, 0) is 72.9 Å². The van der Waals surface area contributed by atoms with Crippen LogP contribution in [0.4, 0.5) is 5.69 Å². The van der Waals surface area contributed by atoms with Gasteiger partial charge in [-0.05, 0) is 29.3 Å². The maximum absolute atomic E-state index is 12.1. The third kappa shape index (κ3) is 14.1. The summed E-state index contributed by atoms with van der Waals surface area (Å²) >= 11 is 0. The number of ether oxygens (including phenoxy) is 14. The van der Waals surface area contributed by atoms with Gasteiger partial charge in [-0.15, -0.1) is 0 Å². The van der Waals surface area contributed by atoms with Gasteiger partial charge in [0.2, 0.25) is 0 Å². The number of anilines is 1. The van der Waals surface area contributed by atoms with E-state index in [1.54, 1.807) is 29.1 Å². The van der Waals surface area contributed by atoms with E-state index in [4.69, 9.17) is 66.3 Å². The van der Waals surface area contributed by atoms with Gasteiger partial charge in [0.1, 0.15) is 171 Å². The molecule has 528 valence electrons. The van der Waals surface area contributed by atoms with Crippen molar-refractivity contribution in [2.45, 2.75) is 221 Å². The molecule has 22 aliphatic heterocycles. The summed E-state index contributed by atoms with van der Waals surface area (Å²) in [5.74, 6) is 0. The van der Waals surface area contributed by atoms with E-state index in [1.165, 1.54) is 0 Å². The molecule has 0 saturated carbocycles. The van der Waals surface area contributed by atoms with Gasteiger partial charge in [0.15, 0.2) is 63.0 Å². The van der Waals surface area contributed by atoms with Crippen molar-refractivity contribution in [3.05, 3.63) is 71.7 Å². The van der Waals surface area contributed by atoms with Gasteiger partial charge in [0.25, 0.3) is 0 Å².